The standard InChI is InChI=1S/C18H23NO2/c1-18-10-16-12(17(20)21-3)9-14(18)15(19(16)2)8-11-6-4-5-7-13(11)18/h4-7,12,14-16H,8-10H2,1-3H3/t12?,14?,15?,16?,18-/m0/s1. The van der Waals surface area contributed by atoms with Crippen LogP contribution < -0.4 is 0 Å². The van der Waals surface area contributed by atoms with Crippen LogP contribution in [-0.4, -0.2) is 37.1 Å². The summed E-state index contributed by atoms with van der Waals surface area (Å²) < 4.78 is 5.05. The molecule has 2 saturated heterocycles. The van der Waals surface area contributed by atoms with Crippen LogP contribution in [0.25, 0.3) is 0 Å². The van der Waals surface area contributed by atoms with Crippen LogP contribution in [-0.2, 0) is 21.4 Å². The predicted molar refractivity (Wildman–Crippen MR) is 81.1 cm³/mol. The second kappa shape index (κ2) is 4.33. The number of esters is 1. The first-order valence-corrected chi connectivity index (χ1v) is 7.94. The average Bonchev–Trinajstić information content (AvgIpc) is 2.50. The van der Waals surface area contributed by atoms with Crippen molar-refractivity contribution in [3.63, 3.8) is 0 Å². The van der Waals surface area contributed by atoms with E-state index in [9.17, 15) is 4.79 Å². The molecule has 0 aromatic heterocycles. The lowest BCUT2D eigenvalue weighted by Crippen LogP contribution is -2.68. The molecule has 4 bridgehead atoms. The number of rotatable bonds is 1. The van der Waals surface area contributed by atoms with Crippen molar-refractivity contribution >= 4 is 5.97 Å². The molecule has 5 rings (SSSR count). The largest absolute Gasteiger partial charge is 0.469 e. The van der Waals surface area contributed by atoms with Crippen LogP contribution in [0, 0.1) is 11.8 Å². The summed E-state index contributed by atoms with van der Waals surface area (Å²) in [6.07, 6.45) is 3.18. The Kier molecular flexibility index (Phi) is 2.74. The molecule has 21 heavy (non-hydrogen) atoms. The van der Waals surface area contributed by atoms with Crippen molar-refractivity contribution in [3.05, 3.63) is 35.4 Å². The van der Waals surface area contributed by atoms with Gasteiger partial charge < -0.3 is 4.74 Å². The number of likely N-dealkylation sites (N-methyl/N-ethyl adjacent to an activating group) is 1. The number of carbonyl (C=O) groups excluding carboxylic acids is 1. The Morgan fingerprint density at radius 1 is 1.33 bits per heavy atom. The molecule has 112 valence electrons. The van der Waals surface area contributed by atoms with E-state index in [-0.39, 0.29) is 17.3 Å². The van der Waals surface area contributed by atoms with Crippen LogP contribution in [0.3, 0.4) is 0 Å². The summed E-state index contributed by atoms with van der Waals surface area (Å²) in [5.41, 5.74) is 3.25. The minimum absolute atomic E-state index is 0.0220. The monoisotopic (exact) mass is 285 g/mol. The van der Waals surface area contributed by atoms with Crippen molar-refractivity contribution in [1.29, 1.82) is 0 Å². The molecule has 2 aliphatic heterocycles. The minimum atomic E-state index is -0.0220. The first kappa shape index (κ1) is 13.3. The van der Waals surface area contributed by atoms with Gasteiger partial charge in [0, 0.05) is 12.1 Å². The van der Waals surface area contributed by atoms with E-state index in [0.29, 0.717) is 18.0 Å². The van der Waals surface area contributed by atoms with E-state index in [4.69, 9.17) is 4.74 Å². The fourth-order valence-corrected chi connectivity index (χ4v) is 5.44. The highest BCUT2D eigenvalue weighted by Gasteiger charge is 2.60. The van der Waals surface area contributed by atoms with Gasteiger partial charge in [-0.2, -0.15) is 0 Å². The molecule has 1 aromatic carbocycles. The zero-order valence-corrected chi connectivity index (χ0v) is 13.0. The van der Waals surface area contributed by atoms with E-state index < -0.39 is 0 Å². The van der Waals surface area contributed by atoms with Crippen molar-refractivity contribution in [2.24, 2.45) is 11.8 Å². The Morgan fingerprint density at radius 3 is 2.86 bits per heavy atom. The lowest BCUT2D eigenvalue weighted by molar-refractivity contribution is -0.161. The van der Waals surface area contributed by atoms with Gasteiger partial charge in [0.2, 0.25) is 0 Å². The topological polar surface area (TPSA) is 29.5 Å². The van der Waals surface area contributed by atoms with Gasteiger partial charge in [-0.25, -0.2) is 0 Å². The molecule has 0 N–H and O–H groups in total. The quantitative estimate of drug-likeness (QED) is 0.742. The highest BCUT2D eigenvalue weighted by Crippen LogP contribution is 2.57. The van der Waals surface area contributed by atoms with Crippen LogP contribution in [0.5, 0.6) is 0 Å². The highest BCUT2D eigenvalue weighted by atomic mass is 16.5. The molecule has 4 aliphatic rings. The molecule has 3 heteroatoms. The minimum Gasteiger partial charge on any atom is -0.469 e. The molecule has 2 heterocycles. The molecule has 2 aliphatic carbocycles. The van der Waals surface area contributed by atoms with E-state index in [1.807, 2.05) is 0 Å². The van der Waals surface area contributed by atoms with E-state index in [2.05, 4.69) is 43.1 Å². The fourth-order valence-electron chi connectivity index (χ4n) is 5.44. The normalized spacial score (nSPS) is 40.7. The molecule has 4 unspecified atom stereocenters. The van der Waals surface area contributed by atoms with Gasteiger partial charge in [0.1, 0.15) is 0 Å². The Labute approximate surface area is 126 Å². The van der Waals surface area contributed by atoms with Crippen molar-refractivity contribution in [3.8, 4) is 0 Å². The number of ether oxygens (including phenoxy) is 1. The van der Waals surface area contributed by atoms with E-state index in [1.165, 1.54) is 18.2 Å². The Morgan fingerprint density at radius 2 is 2.10 bits per heavy atom. The van der Waals surface area contributed by atoms with Gasteiger partial charge in [-0.3, -0.25) is 9.69 Å². The second-order valence-corrected chi connectivity index (χ2v) is 7.25. The highest BCUT2D eigenvalue weighted by molar-refractivity contribution is 5.74. The van der Waals surface area contributed by atoms with E-state index in [1.54, 1.807) is 0 Å². The van der Waals surface area contributed by atoms with Crippen molar-refractivity contribution < 1.29 is 9.53 Å². The third kappa shape index (κ3) is 1.61. The van der Waals surface area contributed by atoms with Crippen molar-refractivity contribution in [2.45, 2.75) is 43.7 Å². The molecule has 0 amide bonds. The third-order valence-electron chi connectivity index (χ3n) is 6.50. The predicted octanol–water partition coefficient (Wildman–Crippen LogP) is 2.38. The number of hydrogen-bond acceptors (Lipinski definition) is 3. The van der Waals surface area contributed by atoms with E-state index in [0.717, 1.165) is 19.3 Å². The lowest BCUT2D eigenvalue weighted by Gasteiger charge is -2.63. The maximum Gasteiger partial charge on any atom is 0.310 e. The van der Waals surface area contributed by atoms with Crippen LogP contribution >= 0.6 is 0 Å². The van der Waals surface area contributed by atoms with Gasteiger partial charge in [0.05, 0.1) is 13.0 Å². The second-order valence-electron chi connectivity index (χ2n) is 7.25. The molecule has 3 fully saturated rings. The summed E-state index contributed by atoms with van der Waals surface area (Å²) in [6, 6.07) is 9.80. The van der Waals surface area contributed by atoms with Crippen LogP contribution in [0.15, 0.2) is 24.3 Å². The maximum absolute atomic E-state index is 12.1. The van der Waals surface area contributed by atoms with E-state index >= 15 is 0 Å². The molecule has 5 atom stereocenters. The van der Waals surface area contributed by atoms with Crippen LogP contribution in [0.2, 0.25) is 0 Å². The van der Waals surface area contributed by atoms with Crippen molar-refractivity contribution in [2.75, 3.05) is 14.2 Å². The van der Waals surface area contributed by atoms with Gasteiger partial charge in [-0.15, -0.1) is 0 Å². The Hall–Kier alpha value is -1.35. The maximum atomic E-state index is 12.1. The number of hydrogen-bond donors (Lipinski definition) is 0. The smallest absolute Gasteiger partial charge is 0.310 e. The number of carbonyl (C=O) groups is 1. The summed E-state index contributed by atoms with van der Waals surface area (Å²) in [4.78, 5) is 14.6. The molecular weight excluding hydrogens is 262 g/mol. The molecule has 3 nitrogen and oxygen atoms in total. The number of fused-ring (bicyclic) bond motifs is 2. The van der Waals surface area contributed by atoms with Gasteiger partial charge in [0.25, 0.3) is 0 Å². The summed E-state index contributed by atoms with van der Waals surface area (Å²) >= 11 is 0. The number of piperidine rings is 2. The third-order valence-corrected chi connectivity index (χ3v) is 6.50. The van der Waals surface area contributed by atoms with Gasteiger partial charge >= 0.3 is 5.97 Å². The molecule has 0 spiro atoms. The van der Waals surface area contributed by atoms with Crippen LogP contribution in [0.1, 0.15) is 30.9 Å². The fraction of sp³-hybridized carbons (Fsp3) is 0.611. The summed E-state index contributed by atoms with van der Waals surface area (Å²) in [5.74, 6) is 0.595. The summed E-state index contributed by atoms with van der Waals surface area (Å²) in [6.45, 7) is 2.41. The van der Waals surface area contributed by atoms with Gasteiger partial charge in [-0.05, 0) is 48.8 Å². The first-order valence-electron chi connectivity index (χ1n) is 7.94. The Bertz CT molecular complexity index is 599. The number of nitrogens with zero attached hydrogens (tertiary/aromatic N) is 1. The summed E-state index contributed by atoms with van der Waals surface area (Å²) in [7, 11) is 3.72. The Balaban J connectivity index is 1.79. The van der Waals surface area contributed by atoms with Crippen LogP contribution in [0.4, 0.5) is 0 Å². The molecule has 1 aromatic rings. The first-order chi connectivity index (χ1) is 10.1. The average molecular weight is 285 g/mol. The zero-order chi connectivity index (χ0) is 14.8. The van der Waals surface area contributed by atoms with Crippen molar-refractivity contribution in [1.82, 2.24) is 4.90 Å². The number of methoxy groups -OCH3 is 1. The molecule has 0 radical (unpaired) electrons. The molecule has 1 saturated carbocycles. The number of benzene rings is 1. The van der Waals surface area contributed by atoms with Gasteiger partial charge in [-0.1, -0.05) is 31.2 Å². The SMILES string of the molecule is COC(=O)C1CC2C3Cc4ccccc4[C@]2(C)CC1N3C. The molecular formula is C18H23NO2. The van der Waals surface area contributed by atoms with Gasteiger partial charge in [0.15, 0.2) is 0 Å². The zero-order valence-electron chi connectivity index (χ0n) is 13.0. The lowest BCUT2D eigenvalue weighted by atomic mass is 9.50. The summed E-state index contributed by atoms with van der Waals surface area (Å²) in [5, 5.41) is 0.